The quantitative estimate of drug-likeness (QED) is 0.334. The van der Waals surface area contributed by atoms with E-state index < -0.39 is 22.2 Å². The number of aromatic nitrogens is 2. The predicted octanol–water partition coefficient (Wildman–Crippen LogP) is 3.63. The van der Waals surface area contributed by atoms with Crippen LogP contribution < -0.4 is 14.9 Å². The number of amides is 3. The summed E-state index contributed by atoms with van der Waals surface area (Å²) in [6.45, 7) is 5.87. The molecule has 3 aliphatic rings. The number of aryl methyl sites for hydroxylation is 1. The fourth-order valence-electron chi connectivity index (χ4n) is 5.85. The van der Waals surface area contributed by atoms with Crippen LogP contribution in [0.3, 0.4) is 0 Å². The number of carbonyl (C=O) groups excluding carboxylic acids is 2. The number of pyridine rings is 1. The number of piperazine rings is 1. The summed E-state index contributed by atoms with van der Waals surface area (Å²) in [5.74, 6) is 0.644. The average Bonchev–Trinajstić information content (AvgIpc) is 3.70. The Morgan fingerprint density at radius 2 is 1.91 bits per heavy atom. The maximum Gasteiger partial charge on any atom is 0.408 e. The molecule has 1 aromatic carbocycles. The molecule has 1 saturated heterocycles. The molecule has 15 heteroatoms. The second kappa shape index (κ2) is 11.1. The van der Waals surface area contributed by atoms with E-state index >= 15 is 0 Å². The molecule has 1 unspecified atom stereocenters. The minimum atomic E-state index is -3.93. The number of nitrogens with one attached hydrogen (secondary N) is 2. The van der Waals surface area contributed by atoms with Gasteiger partial charge >= 0.3 is 6.09 Å². The molecule has 1 aliphatic carbocycles. The van der Waals surface area contributed by atoms with Crippen molar-refractivity contribution >= 4 is 56.0 Å². The van der Waals surface area contributed by atoms with Gasteiger partial charge in [0.2, 0.25) is 15.9 Å². The molecule has 2 aliphatic heterocycles. The Hall–Kier alpha value is -4.08. The zero-order valence-corrected chi connectivity index (χ0v) is 26.3. The molecule has 13 nitrogen and oxygen atoms in total. The van der Waals surface area contributed by atoms with Crippen LogP contribution in [-0.4, -0.2) is 83.4 Å². The third-order valence-electron chi connectivity index (χ3n) is 8.49. The number of fused-ring (bicyclic) bond motifs is 1. The number of nitrogens with zero attached hydrogens (tertiary/aromatic N) is 5. The predicted molar refractivity (Wildman–Crippen MR) is 165 cm³/mol. The van der Waals surface area contributed by atoms with Crippen LogP contribution >= 0.6 is 11.3 Å². The monoisotopic (exact) mass is 639 g/mol. The van der Waals surface area contributed by atoms with Crippen LogP contribution in [0.15, 0.2) is 35.2 Å². The van der Waals surface area contributed by atoms with Crippen LogP contribution in [0.2, 0.25) is 0 Å². The highest BCUT2D eigenvalue weighted by atomic mass is 32.2. The van der Waals surface area contributed by atoms with Gasteiger partial charge in [-0.05, 0) is 82.0 Å². The molecular formula is C29H33N7O6S2. The second-order valence-corrected chi connectivity index (χ2v) is 14.3. The first kappa shape index (κ1) is 30.0. The van der Waals surface area contributed by atoms with Gasteiger partial charge < -0.3 is 15.3 Å². The number of benzene rings is 1. The van der Waals surface area contributed by atoms with E-state index in [1.165, 1.54) is 23.3 Å². The van der Waals surface area contributed by atoms with Gasteiger partial charge in [0.15, 0.2) is 5.13 Å². The maximum atomic E-state index is 13.5. The summed E-state index contributed by atoms with van der Waals surface area (Å²) in [5.41, 5.74) is 2.22. The van der Waals surface area contributed by atoms with Crippen LogP contribution in [0.1, 0.15) is 48.3 Å². The Bertz CT molecular complexity index is 1790. The zero-order chi connectivity index (χ0) is 31.5. The Kier molecular flexibility index (Phi) is 7.58. The van der Waals surface area contributed by atoms with Gasteiger partial charge in [0.05, 0.1) is 27.1 Å². The molecule has 0 bridgehead atoms. The van der Waals surface area contributed by atoms with Gasteiger partial charge in [-0.3, -0.25) is 19.4 Å². The Labute approximate surface area is 259 Å². The van der Waals surface area contributed by atoms with Crippen LogP contribution in [0.4, 0.5) is 21.6 Å². The van der Waals surface area contributed by atoms with E-state index in [1.54, 1.807) is 36.1 Å². The highest BCUT2D eigenvalue weighted by molar-refractivity contribution is 7.89. The number of thiazole rings is 1. The lowest BCUT2D eigenvalue weighted by atomic mass is 10.0. The zero-order valence-electron chi connectivity index (χ0n) is 24.7. The summed E-state index contributed by atoms with van der Waals surface area (Å²) < 4.78 is 28.6. The first-order valence-electron chi connectivity index (χ1n) is 14.3. The van der Waals surface area contributed by atoms with Gasteiger partial charge in [-0.2, -0.15) is 0 Å². The molecule has 3 aromatic rings. The molecule has 0 spiro atoms. The third kappa shape index (κ3) is 5.39. The van der Waals surface area contributed by atoms with Crippen molar-refractivity contribution in [3.8, 4) is 10.4 Å². The summed E-state index contributed by atoms with van der Waals surface area (Å²) in [6, 6.07) is 8.23. The average molecular weight is 640 g/mol. The maximum absolute atomic E-state index is 13.5. The largest absolute Gasteiger partial charge is 0.465 e. The number of hydrogen-bond acceptors (Lipinski definition) is 9. The third-order valence-corrected chi connectivity index (χ3v) is 11.0. The topological polar surface area (TPSA) is 165 Å². The minimum absolute atomic E-state index is 0.0345. The van der Waals surface area contributed by atoms with Crippen molar-refractivity contribution in [2.24, 2.45) is 5.92 Å². The minimum Gasteiger partial charge on any atom is -0.465 e. The molecule has 232 valence electrons. The standard InChI is InChI=1S/C29H33N7O6S2/c1-15-12-36(24(37)14-34(15)29(39)40)23-7-5-6-22(32-23)33-28-31-16(2)26(43-28)19-10-20-13-35(17(3)18-8-9-18)27(38)25(20)21(11-19)44(41,42)30-4/h5-7,10-11,15,17-18,30H,8-9,12-14H2,1-4H3,(H,39,40)(H,31,32,33)/t15-,17?/m0/s1. The summed E-state index contributed by atoms with van der Waals surface area (Å²) in [5, 5.41) is 13.0. The van der Waals surface area contributed by atoms with Crippen LogP contribution in [0, 0.1) is 12.8 Å². The number of carboxylic acid groups (broad SMARTS) is 1. The smallest absolute Gasteiger partial charge is 0.408 e. The van der Waals surface area contributed by atoms with Crippen molar-refractivity contribution in [2.45, 2.75) is 57.1 Å². The highest BCUT2D eigenvalue weighted by Crippen LogP contribution is 2.42. The van der Waals surface area contributed by atoms with Gasteiger partial charge in [-0.1, -0.05) is 17.4 Å². The number of carbonyl (C=O) groups is 3. The number of anilines is 3. The summed E-state index contributed by atoms with van der Waals surface area (Å²) in [7, 11) is -2.60. The summed E-state index contributed by atoms with van der Waals surface area (Å²) in [4.78, 5) is 51.9. The first-order chi connectivity index (χ1) is 20.9. The van der Waals surface area contributed by atoms with E-state index in [-0.39, 0.29) is 41.4 Å². The molecule has 4 heterocycles. The second-order valence-electron chi connectivity index (χ2n) is 11.4. The first-order valence-corrected chi connectivity index (χ1v) is 16.6. The molecule has 2 aromatic heterocycles. The summed E-state index contributed by atoms with van der Waals surface area (Å²) in [6.07, 6.45) is 0.997. The normalized spacial score (nSPS) is 19.4. The fraction of sp³-hybridized carbons (Fsp3) is 0.414. The van der Waals surface area contributed by atoms with Crippen molar-refractivity contribution in [3.05, 3.63) is 47.2 Å². The molecule has 2 fully saturated rings. The van der Waals surface area contributed by atoms with Crippen molar-refractivity contribution in [2.75, 3.05) is 30.4 Å². The van der Waals surface area contributed by atoms with Gasteiger partial charge in [0, 0.05) is 19.1 Å². The van der Waals surface area contributed by atoms with Crippen molar-refractivity contribution in [3.63, 3.8) is 0 Å². The van der Waals surface area contributed by atoms with Gasteiger partial charge in [-0.15, -0.1) is 0 Å². The van der Waals surface area contributed by atoms with Gasteiger partial charge in [0.1, 0.15) is 18.2 Å². The van der Waals surface area contributed by atoms with Crippen molar-refractivity contribution in [1.82, 2.24) is 24.5 Å². The van der Waals surface area contributed by atoms with E-state index in [0.717, 1.165) is 22.6 Å². The van der Waals surface area contributed by atoms with Crippen LogP contribution in [-0.2, 0) is 21.4 Å². The molecule has 44 heavy (non-hydrogen) atoms. The molecule has 3 amide bonds. The Morgan fingerprint density at radius 1 is 1.16 bits per heavy atom. The van der Waals surface area contributed by atoms with Crippen molar-refractivity contribution in [1.29, 1.82) is 0 Å². The number of sulfonamides is 1. The lowest BCUT2D eigenvalue weighted by molar-refractivity contribution is -0.121. The molecule has 1 saturated carbocycles. The van der Waals surface area contributed by atoms with Gasteiger partial charge in [-0.25, -0.2) is 27.9 Å². The van der Waals surface area contributed by atoms with Crippen LogP contribution in [0.5, 0.6) is 0 Å². The van der Waals surface area contributed by atoms with Gasteiger partial charge in [0.25, 0.3) is 5.91 Å². The SMILES string of the molecule is CNS(=O)(=O)c1cc(-c2sc(Nc3cccc(N4C[C@H](C)N(C(=O)O)CC4=O)n3)nc2C)cc2c1C(=O)N(C(C)C1CC1)C2. The molecular weight excluding hydrogens is 606 g/mol. The lowest BCUT2D eigenvalue weighted by Crippen LogP contribution is -2.57. The van der Waals surface area contributed by atoms with E-state index in [0.29, 0.717) is 46.1 Å². The fourth-order valence-corrected chi connectivity index (χ4v) is 7.80. The van der Waals surface area contributed by atoms with Crippen LogP contribution in [0.25, 0.3) is 10.4 Å². The Morgan fingerprint density at radius 3 is 2.59 bits per heavy atom. The molecule has 2 atom stereocenters. The number of hydrogen-bond donors (Lipinski definition) is 3. The van der Waals surface area contributed by atoms with E-state index in [4.69, 9.17) is 0 Å². The van der Waals surface area contributed by atoms with Crippen molar-refractivity contribution < 1.29 is 27.9 Å². The Balaban J connectivity index is 1.29. The molecule has 3 N–H and O–H groups in total. The van der Waals surface area contributed by atoms with E-state index in [2.05, 4.69) is 20.0 Å². The number of rotatable bonds is 8. The molecule has 0 radical (unpaired) electrons. The molecule has 6 rings (SSSR count). The lowest BCUT2D eigenvalue weighted by Gasteiger charge is -2.37. The van der Waals surface area contributed by atoms with E-state index in [9.17, 15) is 27.9 Å². The summed E-state index contributed by atoms with van der Waals surface area (Å²) >= 11 is 1.32. The highest BCUT2D eigenvalue weighted by Gasteiger charge is 2.41. The van der Waals surface area contributed by atoms with E-state index in [1.807, 2.05) is 19.9 Å².